The fourth-order valence-corrected chi connectivity index (χ4v) is 3.06. The third-order valence-electron chi connectivity index (χ3n) is 3.34. The standard InChI is InChI=1S/C12H25N/c1-4-5-6-12(13)8-10(2)7-11(3)9-12/h10-11H,4-9,13H2,1-3H3. The molecule has 0 aromatic rings. The molecule has 1 aliphatic rings. The summed E-state index contributed by atoms with van der Waals surface area (Å²) in [6.45, 7) is 6.95. The minimum atomic E-state index is 0.174. The summed E-state index contributed by atoms with van der Waals surface area (Å²) in [6.07, 6.45) is 7.69. The van der Waals surface area contributed by atoms with Gasteiger partial charge in [-0.15, -0.1) is 0 Å². The van der Waals surface area contributed by atoms with E-state index in [-0.39, 0.29) is 5.54 Å². The molecule has 1 saturated carbocycles. The molecule has 0 bridgehead atoms. The number of hydrogen-bond donors (Lipinski definition) is 1. The van der Waals surface area contributed by atoms with Crippen molar-refractivity contribution in [2.24, 2.45) is 17.6 Å². The minimum Gasteiger partial charge on any atom is -0.325 e. The van der Waals surface area contributed by atoms with Crippen LogP contribution in [0, 0.1) is 11.8 Å². The molecule has 2 unspecified atom stereocenters. The monoisotopic (exact) mass is 183 g/mol. The molecule has 1 heteroatoms. The van der Waals surface area contributed by atoms with Crippen molar-refractivity contribution in [2.75, 3.05) is 0 Å². The summed E-state index contributed by atoms with van der Waals surface area (Å²) in [4.78, 5) is 0. The molecule has 2 atom stereocenters. The zero-order chi connectivity index (χ0) is 9.90. The molecule has 78 valence electrons. The normalized spacial score (nSPS) is 40.6. The molecule has 1 rings (SSSR count). The molecule has 0 aromatic carbocycles. The Kier molecular flexibility index (Phi) is 3.78. The quantitative estimate of drug-likeness (QED) is 0.713. The van der Waals surface area contributed by atoms with Gasteiger partial charge in [-0.3, -0.25) is 0 Å². The van der Waals surface area contributed by atoms with Crippen LogP contribution in [-0.2, 0) is 0 Å². The summed E-state index contributed by atoms with van der Waals surface area (Å²) in [5.41, 5.74) is 6.60. The molecule has 0 aliphatic heterocycles. The van der Waals surface area contributed by atoms with Crippen molar-refractivity contribution in [3.63, 3.8) is 0 Å². The van der Waals surface area contributed by atoms with Gasteiger partial charge in [0.25, 0.3) is 0 Å². The maximum absolute atomic E-state index is 6.43. The Morgan fingerprint density at radius 2 is 1.77 bits per heavy atom. The Hall–Kier alpha value is -0.0400. The molecule has 0 spiro atoms. The molecule has 0 aromatic heterocycles. The number of nitrogens with two attached hydrogens (primary N) is 1. The molecule has 2 N–H and O–H groups in total. The van der Waals surface area contributed by atoms with E-state index in [0.29, 0.717) is 0 Å². The van der Waals surface area contributed by atoms with Crippen molar-refractivity contribution >= 4 is 0 Å². The lowest BCUT2D eigenvalue weighted by Crippen LogP contribution is -2.46. The van der Waals surface area contributed by atoms with Gasteiger partial charge in [0.1, 0.15) is 0 Å². The van der Waals surface area contributed by atoms with E-state index in [2.05, 4.69) is 20.8 Å². The summed E-state index contributed by atoms with van der Waals surface area (Å²) in [7, 11) is 0. The van der Waals surface area contributed by atoms with Gasteiger partial charge in [-0.25, -0.2) is 0 Å². The molecule has 1 fully saturated rings. The van der Waals surface area contributed by atoms with Gasteiger partial charge in [-0.05, 0) is 37.5 Å². The van der Waals surface area contributed by atoms with Crippen LogP contribution in [0.2, 0.25) is 0 Å². The van der Waals surface area contributed by atoms with Gasteiger partial charge in [-0.1, -0.05) is 33.6 Å². The smallest absolute Gasteiger partial charge is 0.0159 e. The van der Waals surface area contributed by atoms with E-state index in [4.69, 9.17) is 5.73 Å². The molecular weight excluding hydrogens is 158 g/mol. The van der Waals surface area contributed by atoms with Crippen LogP contribution < -0.4 is 5.73 Å². The van der Waals surface area contributed by atoms with Crippen molar-refractivity contribution in [1.82, 2.24) is 0 Å². The molecular formula is C12H25N. The lowest BCUT2D eigenvalue weighted by Gasteiger charge is -2.40. The highest BCUT2D eigenvalue weighted by Crippen LogP contribution is 2.36. The maximum Gasteiger partial charge on any atom is 0.0159 e. The highest BCUT2D eigenvalue weighted by atomic mass is 14.7. The average molecular weight is 183 g/mol. The van der Waals surface area contributed by atoms with Crippen LogP contribution in [0.1, 0.15) is 59.3 Å². The summed E-state index contributed by atoms with van der Waals surface area (Å²) < 4.78 is 0. The van der Waals surface area contributed by atoms with Crippen LogP contribution in [0.25, 0.3) is 0 Å². The lowest BCUT2D eigenvalue weighted by molar-refractivity contribution is 0.170. The number of unbranched alkanes of at least 4 members (excludes halogenated alkanes) is 1. The fourth-order valence-electron chi connectivity index (χ4n) is 3.06. The summed E-state index contributed by atoms with van der Waals surface area (Å²) in [5, 5.41) is 0. The van der Waals surface area contributed by atoms with Gasteiger partial charge in [0.2, 0.25) is 0 Å². The predicted octanol–water partition coefficient (Wildman–Crippen LogP) is 3.33. The van der Waals surface area contributed by atoms with Gasteiger partial charge in [0, 0.05) is 5.54 Å². The molecule has 1 nitrogen and oxygen atoms in total. The Balaban J connectivity index is 2.45. The number of rotatable bonds is 3. The Morgan fingerprint density at radius 3 is 2.23 bits per heavy atom. The third-order valence-corrected chi connectivity index (χ3v) is 3.34. The molecule has 13 heavy (non-hydrogen) atoms. The van der Waals surface area contributed by atoms with Crippen molar-refractivity contribution < 1.29 is 0 Å². The lowest BCUT2D eigenvalue weighted by atomic mass is 9.70. The second kappa shape index (κ2) is 4.45. The first-order chi connectivity index (χ1) is 6.06. The van der Waals surface area contributed by atoms with Crippen LogP contribution >= 0.6 is 0 Å². The van der Waals surface area contributed by atoms with Gasteiger partial charge in [0.15, 0.2) is 0 Å². The van der Waals surface area contributed by atoms with E-state index in [1.54, 1.807) is 0 Å². The average Bonchev–Trinajstić information content (AvgIpc) is 1.98. The summed E-state index contributed by atoms with van der Waals surface area (Å²) in [5.74, 6) is 1.68. The second-order valence-electron chi connectivity index (χ2n) is 5.32. The van der Waals surface area contributed by atoms with Crippen LogP contribution in [0.15, 0.2) is 0 Å². The molecule has 0 amide bonds. The topological polar surface area (TPSA) is 26.0 Å². The second-order valence-corrected chi connectivity index (χ2v) is 5.32. The first-order valence-corrected chi connectivity index (χ1v) is 5.84. The van der Waals surface area contributed by atoms with Gasteiger partial charge in [-0.2, -0.15) is 0 Å². The zero-order valence-electron chi connectivity index (χ0n) is 9.47. The van der Waals surface area contributed by atoms with Crippen molar-refractivity contribution in [3.8, 4) is 0 Å². The third kappa shape index (κ3) is 3.30. The van der Waals surface area contributed by atoms with Crippen LogP contribution in [0.5, 0.6) is 0 Å². The Morgan fingerprint density at radius 1 is 1.23 bits per heavy atom. The van der Waals surface area contributed by atoms with E-state index in [1.165, 1.54) is 38.5 Å². The van der Waals surface area contributed by atoms with Crippen LogP contribution in [0.3, 0.4) is 0 Å². The first kappa shape index (κ1) is 11.0. The first-order valence-electron chi connectivity index (χ1n) is 5.84. The van der Waals surface area contributed by atoms with Crippen molar-refractivity contribution in [3.05, 3.63) is 0 Å². The van der Waals surface area contributed by atoms with Crippen molar-refractivity contribution in [2.45, 2.75) is 64.8 Å². The van der Waals surface area contributed by atoms with Crippen LogP contribution in [-0.4, -0.2) is 5.54 Å². The summed E-state index contributed by atoms with van der Waals surface area (Å²) >= 11 is 0. The zero-order valence-corrected chi connectivity index (χ0v) is 9.47. The Bertz CT molecular complexity index is 143. The van der Waals surface area contributed by atoms with Gasteiger partial charge < -0.3 is 5.73 Å². The highest BCUT2D eigenvalue weighted by Gasteiger charge is 2.33. The largest absolute Gasteiger partial charge is 0.325 e. The van der Waals surface area contributed by atoms with E-state index in [1.807, 2.05) is 0 Å². The van der Waals surface area contributed by atoms with Gasteiger partial charge >= 0.3 is 0 Å². The number of hydrogen-bond acceptors (Lipinski definition) is 1. The molecule has 0 heterocycles. The van der Waals surface area contributed by atoms with Crippen LogP contribution in [0.4, 0.5) is 0 Å². The minimum absolute atomic E-state index is 0.174. The van der Waals surface area contributed by atoms with E-state index < -0.39 is 0 Å². The van der Waals surface area contributed by atoms with Crippen molar-refractivity contribution in [1.29, 1.82) is 0 Å². The fraction of sp³-hybridized carbons (Fsp3) is 1.00. The predicted molar refractivity (Wildman–Crippen MR) is 58.6 cm³/mol. The molecule has 0 saturated heterocycles. The SMILES string of the molecule is CCCCC1(N)CC(C)CC(C)C1. The van der Waals surface area contributed by atoms with E-state index in [0.717, 1.165) is 11.8 Å². The maximum atomic E-state index is 6.43. The molecule has 1 aliphatic carbocycles. The Labute approximate surface area is 83.1 Å². The van der Waals surface area contributed by atoms with E-state index in [9.17, 15) is 0 Å². The van der Waals surface area contributed by atoms with E-state index >= 15 is 0 Å². The highest BCUT2D eigenvalue weighted by molar-refractivity contribution is 4.91. The van der Waals surface area contributed by atoms with Gasteiger partial charge in [0.05, 0.1) is 0 Å². The summed E-state index contributed by atoms with van der Waals surface area (Å²) in [6, 6.07) is 0. The molecule has 0 radical (unpaired) electrons.